The van der Waals surface area contributed by atoms with Gasteiger partial charge in [-0.2, -0.15) is 5.10 Å². The first kappa shape index (κ1) is 19.5. The summed E-state index contributed by atoms with van der Waals surface area (Å²) >= 11 is 6.25. The number of rotatable bonds is 5. The first-order valence-electron chi connectivity index (χ1n) is 8.09. The van der Waals surface area contributed by atoms with Gasteiger partial charge >= 0.3 is 5.97 Å². The average Bonchev–Trinajstić information content (AvgIpc) is 2.98. The number of aromatic nitrogens is 2. The Hall–Kier alpha value is -3.26. The maximum Gasteiger partial charge on any atom is 0.343 e. The fourth-order valence-corrected chi connectivity index (χ4v) is 2.80. The van der Waals surface area contributed by atoms with E-state index in [4.69, 9.17) is 16.3 Å². The van der Waals surface area contributed by atoms with E-state index < -0.39 is 30.1 Å². The lowest BCUT2D eigenvalue weighted by Gasteiger charge is -2.08. The molecule has 1 N–H and O–H groups in total. The van der Waals surface area contributed by atoms with Gasteiger partial charge in [-0.15, -0.1) is 0 Å². The predicted molar refractivity (Wildman–Crippen MR) is 98.6 cm³/mol. The number of anilines is 1. The molecule has 0 bridgehead atoms. The van der Waals surface area contributed by atoms with Crippen molar-refractivity contribution in [2.75, 3.05) is 11.9 Å². The van der Waals surface area contributed by atoms with Crippen LogP contribution in [0.1, 0.15) is 16.1 Å². The van der Waals surface area contributed by atoms with Crippen LogP contribution in [0.2, 0.25) is 5.15 Å². The average molecular weight is 406 g/mol. The van der Waals surface area contributed by atoms with Gasteiger partial charge in [-0.1, -0.05) is 29.8 Å². The minimum Gasteiger partial charge on any atom is -0.452 e. The Morgan fingerprint density at radius 3 is 2.61 bits per heavy atom. The van der Waals surface area contributed by atoms with Gasteiger partial charge < -0.3 is 10.1 Å². The predicted octanol–water partition coefficient (Wildman–Crippen LogP) is 3.91. The fourth-order valence-electron chi connectivity index (χ4n) is 2.45. The van der Waals surface area contributed by atoms with E-state index in [1.54, 1.807) is 31.2 Å². The number of nitrogens with one attached hydrogen (secondary N) is 1. The van der Waals surface area contributed by atoms with Crippen molar-refractivity contribution in [3.8, 4) is 5.69 Å². The second-order valence-electron chi connectivity index (χ2n) is 5.75. The molecule has 28 heavy (non-hydrogen) atoms. The van der Waals surface area contributed by atoms with Crippen LogP contribution in [0.4, 0.5) is 14.5 Å². The lowest BCUT2D eigenvalue weighted by molar-refractivity contribution is -0.119. The summed E-state index contributed by atoms with van der Waals surface area (Å²) in [5, 5.41) is 6.38. The number of esters is 1. The van der Waals surface area contributed by atoms with E-state index in [0.717, 1.165) is 18.2 Å². The Bertz CT molecular complexity index is 1040. The lowest BCUT2D eigenvalue weighted by atomic mass is 10.2. The number of hydrogen-bond acceptors (Lipinski definition) is 4. The van der Waals surface area contributed by atoms with Gasteiger partial charge in [-0.3, -0.25) is 4.79 Å². The minimum absolute atomic E-state index is 0.00950. The smallest absolute Gasteiger partial charge is 0.343 e. The molecule has 3 aromatic rings. The van der Waals surface area contributed by atoms with E-state index >= 15 is 0 Å². The van der Waals surface area contributed by atoms with E-state index in [1.165, 1.54) is 4.68 Å². The van der Waals surface area contributed by atoms with E-state index in [0.29, 0.717) is 11.4 Å². The van der Waals surface area contributed by atoms with E-state index in [1.807, 2.05) is 6.07 Å². The number of amides is 1. The van der Waals surface area contributed by atoms with Gasteiger partial charge in [0.15, 0.2) is 6.61 Å². The summed E-state index contributed by atoms with van der Waals surface area (Å²) < 4.78 is 33.0. The number of benzene rings is 2. The second kappa shape index (κ2) is 8.18. The highest BCUT2D eigenvalue weighted by Gasteiger charge is 2.23. The van der Waals surface area contributed by atoms with Crippen LogP contribution in [0.3, 0.4) is 0 Å². The van der Waals surface area contributed by atoms with Gasteiger partial charge in [0, 0.05) is 6.07 Å². The molecule has 9 heteroatoms. The van der Waals surface area contributed by atoms with Crippen molar-refractivity contribution < 1.29 is 23.1 Å². The largest absolute Gasteiger partial charge is 0.452 e. The number of carbonyl (C=O) groups is 2. The van der Waals surface area contributed by atoms with Gasteiger partial charge in [0.05, 0.1) is 17.1 Å². The molecular weight excluding hydrogens is 392 g/mol. The van der Waals surface area contributed by atoms with Gasteiger partial charge in [-0.25, -0.2) is 18.3 Å². The molecule has 0 unspecified atom stereocenters. The summed E-state index contributed by atoms with van der Waals surface area (Å²) in [6.07, 6.45) is 0. The molecule has 0 spiro atoms. The molecule has 0 aliphatic rings. The molecule has 1 aromatic heterocycles. The Kier molecular flexibility index (Phi) is 5.70. The van der Waals surface area contributed by atoms with Crippen molar-refractivity contribution in [2.45, 2.75) is 6.92 Å². The third-order valence-corrected chi connectivity index (χ3v) is 4.09. The highest BCUT2D eigenvalue weighted by Crippen LogP contribution is 2.24. The summed E-state index contributed by atoms with van der Waals surface area (Å²) in [4.78, 5) is 24.2. The first-order valence-corrected chi connectivity index (χ1v) is 8.47. The Labute approximate surface area is 163 Å². The molecule has 3 rings (SSSR count). The third kappa shape index (κ3) is 4.17. The Morgan fingerprint density at radius 1 is 1.18 bits per heavy atom. The summed E-state index contributed by atoms with van der Waals surface area (Å²) in [6, 6.07) is 11.5. The molecule has 1 amide bonds. The lowest BCUT2D eigenvalue weighted by Crippen LogP contribution is -2.21. The third-order valence-electron chi connectivity index (χ3n) is 3.75. The maximum atomic E-state index is 13.5. The number of ether oxygens (including phenoxy) is 1. The maximum absolute atomic E-state index is 13.5. The van der Waals surface area contributed by atoms with Crippen molar-refractivity contribution in [2.24, 2.45) is 0 Å². The Morgan fingerprint density at radius 2 is 1.89 bits per heavy atom. The number of halogens is 3. The highest BCUT2D eigenvalue weighted by atomic mass is 35.5. The number of para-hydroxylation sites is 1. The number of nitrogens with zero attached hydrogens (tertiary/aromatic N) is 2. The minimum atomic E-state index is -0.862. The van der Waals surface area contributed by atoms with Crippen molar-refractivity contribution >= 4 is 29.2 Å². The zero-order valence-corrected chi connectivity index (χ0v) is 15.3. The molecular formula is C19H14ClF2N3O3. The topological polar surface area (TPSA) is 73.2 Å². The number of aryl methyl sites for hydroxylation is 1. The zero-order valence-electron chi connectivity index (χ0n) is 14.6. The molecule has 0 fully saturated rings. The van der Waals surface area contributed by atoms with Crippen LogP contribution in [0, 0.1) is 18.6 Å². The van der Waals surface area contributed by atoms with Crippen LogP contribution in [0.5, 0.6) is 0 Å². The SMILES string of the molecule is Cc1nn(-c2ccccc2)c(Cl)c1C(=O)OCC(=O)Nc1cc(F)ccc1F. The van der Waals surface area contributed by atoms with Gasteiger partial charge in [-0.05, 0) is 31.2 Å². The normalized spacial score (nSPS) is 10.6. The quantitative estimate of drug-likeness (QED) is 0.653. The van der Waals surface area contributed by atoms with Crippen molar-refractivity contribution in [1.29, 1.82) is 0 Å². The summed E-state index contributed by atoms with van der Waals surface area (Å²) in [7, 11) is 0. The molecule has 6 nitrogen and oxygen atoms in total. The molecule has 0 aliphatic heterocycles. The standard InChI is InChI=1S/C19H14ClF2N3O3/c1-11-17(18(20)25(24-11)13-5-3-2-4-6-13)19(27)28-10-16(26)23-15-9-12(21)7-8-14(15)22/h2-9H,10H2,1H3,(H,23,26). The molecule has 0 atom stereocenters. The molecule has 0 aliphatic carbocycles. The first-order chi connectivity index (χ1) is 13.4. The van der Waals surface area contributed by atoms with Crippen LogP contribution in [0.15, 0.2) is 48.5 Å². The van der Waals surface area contributed by atoms with Crippen LogP contribution in [0.25, 0.3) is 5.69 Å². The molecule has 1 heterocycles. The van der Waals surface area contributed by atoms with Crippen LogP contribution in [-0.4, -0.2) is 28.3 Å². The number of carbonyl (C=O) groups excluding carboxylic acids is 2. The zero-order chi connectivity index (χ0) is 20.3. The molecule has 0 saturated carbocycles. The van der Waals surface area contributed by atoms with Crippen LogP contribution < -0.4 is 5.32 Å². The van der Waals surface area contributed by atoms with Gasteiger partial charge in [0.25, 0.3) is 5.91 Å². The van der Waals surface area contributed by atoms with Crippen molar-refractivity contribution in [3.05, 3.63) is 76.6 Å². The van der Waals surface area contributed by atoms with Crippen LogP contribution in [-0.2, 0) is 9.53 Å². The van der Waals surface area contributed by atoms with Crippen LogP contribution >= 0.6 is 11.6 Å². The molecule has 0 radical (unpaired) electrons. The fraction of sp³-hybridized carbons (Fsp3) is 0.105. The monoisotopic (exact) mass is 405 g/mol. The number of hydrogen-bond donors (Lipinski definition) is 1. The highest BCUT2D eigenvalue weighted by molar-refractivity contribution is 6.33. The van der Waals surface area contributed by atoms with Gasteiger partial charge in [0.2, 0.25) is 0 Å². The van der Waals surface area contributed by atoms with E-state index in [-0.39, 0.29) is 16.4 Å². The van der Waals surface area contributed by atoms with E-state index in [9.17, 15) is 18.4 Å². The van der Waals surface area contributed by atoms with E-state index in [2.05, 4.69) is 10.4 Å². The van der Waals surface area contributed by atoms with Gasteiger partial charge in [0.1, 0.15) is 22.4 Å². The summed E-state index contributed by atoms with van der Waals surface area (Å²) in [6.45, 7) is 0.866. The second-order valence-corrected chi connectivity index (χ2v) is 6.11. The summed E-state index contributed by atoms with van der Waals surface area (Å²) in [5.41, 5.74) is 0.617. The Balaban J connectivity index is 1.69. The molecule has 0 saturated heterocycles. The molecule has 2 aromatic carbocycles. The van der Waals surface area contributed by atoms with Crippen molar-refractivity contribution in [1.82, 2.24) is 9.78 Å². The molecule has 144 valence electrons. The summed E-state index contributed by atoms with van der Waals surface area (Å²) in [5.74, 6) is -3.23. The van der Waals surface area contributed by atoms with Crippen molar-refractivity contribution in [3.63, 3.8) is 0 Å².